The topological polar surface area (TPSA) is 45.7 Å². The average Bonchev–Trinajstić information content (AvgIpc) is 2.79. The number of pyridine rings is 1. The summed E-state index contributed by atoms with van der Waals surface area (Å²) in [6.07, 6.45) is 8.29. The van der Waals surface area contributed by atoms with Crippen molar-refractivity contribution in [3.05, 3.63) is 59.9 Å². The average molecular weight is 408 g/mol. The number of para-hydroxylation sites is 1. The van der Waals surface area contributed by atoms with E-state index in [0.717, 1.165) is 51.3 Å². The zero-order valence-electron chi connectivity index (χ0n) is 18.0. The van der Waals surface area contributed by atoms with Gasteiger partial charge in [-0.25, -0.2) is 0 Å². The molecule has 2 aliphatic heterocycles. The molecule has 1 amide bonds. The second-order valence-corrected chi connectivity index (χ2v) is 8.89. The number of ether oxygens (including phenoxy) is 1. The minimum absolute atomic E-state index is 0.111. The fourth-order valence-electron chi connectivity index (χ4n) is 4.54. The molecule has 160 valence electrons. The third kappa shape index (κ3) is 5.39. The van der Waals surface area contributed by atoms with E-state index < -0.39 is 0 Å². The lowest BCUT2D eigenvalue weighted by Crippen LogP contribution is -2.38. The summed E-state index contributed by atoms with van der Waals surface area (Å²) < 4.78 is 6.22. The number of hydrogen-bond donors (Lipinski definition) is 0. The van der Waals surface area contributed by atoms with Gasteiger partial charge in [-0.05, 0) is 61.9 Å². The smallest absolute Gasteiger partial charge is 0.257 e. The van der Waals surface area contributed by atoms with E-state index in [2.05, 4.69) is 22.9 Å². The second-order valence-electron chi connectivity index (χ2n) is 8.89. The summed E-state index contributed by atoms with van der Waals surface area (Å²) in [6, 6.07) is 11.9. The Kier molecular flexibility index (Phi) is 7.00. The molecule has 5 heteroatoms. The van der Waals surface area contributed by atoms with E-state index in [1.807, 2.05) is 47.6 Å². The normalized spacial score (nSPS) is 20.8. The van der Waals surface area contributed by atoms with E-state index in [9.17, 15) is 4.79 Å². The molecule has 0 bridgehead atoms. The number of aromatic nitrogens is 1. The fourth-order valence-corrected chi connectivity index (χ4v) is 4.54. The number of benzene rings is 1. The predicted molar refractivity (Wildman–Crippen MR) is 118 cm³/mol. The Hall–Kier alpha value is -2.40. The Bertz CT molecular complexity index is 818. The van der Waals surface area contributed by atoms with E-state index in [1.165, 1.54) is 18.4 Å². The third-order valence-electron chi connectivity index (χ3n) is 6.39. The van der Waals surface area contributed by atoms with Gasteiger partial charge in [-0.15, -0.1) is 0 Å². The minimum atomic E-state index is 0.111. The summed E-state index contributed by atoms with van der Waals surface area (Å²) in [7, 11) is 0. The summed E-state index contributed by atoms with van der Waals surface area (Å²) in [5, 5.41) is 0. The van der Waals surface area contributed by atoms with Crippen molar-refractivity contribution in [2.45, 2.75) is 39.2 Å². The molecule has 1 atom stereocenters. The van der Waals surface area contributed by atoms with Gasteiger partial charge in [-0.1, -0.05) is 25.1 Å². The van der Waals surface area contributed by atoms with Crippen molar-refractivity contribution < 1.29 is 9.53 Å². The lowest BCUT2D eigenvalue weighted by atomic mass is 9.98. The Morgan fingerprint density at radius 3 is 2.73 bits per heavy atom. The fraction of sp³-hybridized carbons (Fsp3) is 0.520. The summed E-state index contributed by atoms with van der Waals surface area (Å²) in [6.45, 7) is 7.70. The number of rotatable bonds is 6. The van der Waals surface area contributed by atoms with Crippen molar-refractivity contribution in [2.75, 3.05) is 32.8 Å². The SMILES string of the molecule is CC1CCN(C(=O)c2ccccc2OCC2CCCN(Cc3cccnc3)C2)CC1. The van der Waals surface area contributed by atoms with Crippen LogP contribution in [0.1, 0.15) is 48.5 Å². The predicted octanol–water partition coefficient (Wildman–Crippen LogP) is 4.24. The Labute approximate surface area is 180 Å². The van der Waals surface area contributed by atoms with Crippen LogP contribution in [-0.2, 0) is 6.54 Å². The lowest BCUT2D eigenvalue weighted by molar-refractivity contribution is 0.0689. The van der Waals surface area contributed by atoms with E-state index in [-0.39, 0.29) is 5.91 Å². The van der Waals surface area contributed by atoms with E-state index in [0.29, 0.717) is 24.0 Å². The monoisotopic (exact) mass is 407 g/mol. The molecule has 1 aromatic carbocycles. The molecule has 5 nitrogen and oxygen atoms in total. The van der Waals surface area contributed by atoms with Crippen molar-refractivity contribution in [3.8, 4) is 5.75 Å². The van der Waals surface area contributed by atoms with E-state index in [1.54, 1.807) is 0 Å². The zero-order valence-corrected chi connectivity index (χ0v) is 18.0. The third-order valence-corrected chi connectivity index (χ3v) is 6.39. The first-order valence-electron chi connectivity index (χ1n) is 11.3. The molecular formula is C25H33N3O2. The van der Waals surface area contributed by atoms with Crippen LogP contribution in [0.15, 0.2) is 48.8 Å². The maximum atomic E-state index is 13.1. The van der Waals surface area contributed by atoms with Crippen molar-refractivity contribution >= 4 is 5.91 Å². The second kappa shape index (κ2) is 10.1. The minimum Gasteiger partial charge on any atom is -0.492 e. The van der Waals surface area contributed by atoms with Gasteiger partial charge < -0.3 is 9.64 Å². The number of piperidine rings is 2. The Morgan fingerprint density at radius 1 is 1.10 bits per heavy atom. The van der Waals surface area contributed by atoms with Crippen molar-refractivity contribution in [1.29, 1.82) is 0 Å². The van der Waals surface area contributed by atoms with Crippen LogP contribution in [-0.4, -0.2) is 53.5 Å². The molecule has 1 unspecified atom stereocenters. The maximum Gasteiger partial charge on any atom is 0.257 e. The van der Waals surface area contributed by atoms with Crippen LogP contribution in [0.5, 0.6) is 5.75 Å². The Morgan fingerprint density at radius 2 is 1.93 bits per heavy atom. The number of hydrogen-bond acceptors (Lipinski definition) is 4. The highest BCUT2D eigenvalue weighted by molar-refractivity contribution is 5.97. The van der Waals surface area contributed by atoms with Crippen LogP contribution in [0.25, 0.3) is 0 Å². The van der Waals surface area contributed by atoms with Gasteiger partial charge in [0.1, 0.15) is 5.75 Å². The van der Waals surface area contributed by atoms with E-state index in [4.69, 9.17) is 4.74 Å². The highest BCUT2D eigenvalue weighted by atomic mass is 16.5. The van der Waals surface area contributed by atoms with Crippen LogP contribution in [0.3, 0.4) is 0 Å². The molecule has 0 saturated carbocycles. The van der Waals surface area contributed by atoms with Crippen LogP contribution in [0, 0.1) is 11.8 Å². The summed E-state index contributed by atoms with van der Waals surface area (Å²) in [5.41, 5.74) is 1.96. The zero-order chi connectivity index (χ0) is 20.8. The van der Waals surface area contributed by atoms with Gasteiger partial charge in [-0.2, -0.15) is 0 Å². The van der Waals surface area contributed by atoms with Gasteiger partial charge >= 0.3 is 0 Å². The molecule has 0 spiro atoms. The largest absolute Gasteiger partial charge is 0.492 e. The number of amides is 1. The highest BCUT2D eigenvalue weighted by Crippen LogP contribution is 2.25. The van der Waals surface area contributed by atoms with Gasteiger partial charge in [0.2, 0.25) is 0 Å². The molecule has 1 aromatic heterocycles. The highest BCUT2D eigenvalue weighted by Gasteiger charge is 2.25. The van der Waals surface area contributed by atoms with E-state index >= 15 is 0 Å². The first-order valence-corrected chi connectivity index (χ1v) is 11.3. The van der Waals surface area contributed by atoms with Crippen molar-refractivity contribution in [2.24, 2.45) is 11.8 Å². The first-order chi connectivity index (χ1) is 14.7. The molecule has 2 aromatic rings. The summed E-state index contributed by atoms with van der Waals surface area (Å²) >= 11 is 0. The summed E-state index contributed by atoms with van der Waals surface area (Å²) in [5.74, 6) is 2.03. The molecule has 0 N–H and O–H groups in total. The first kappa shape index (κ1) is 20.9. The molecule has 0 aliphatic carbocycles. The molecule has 4 rings (SSSR count). The van der Waals surface area contributed by atoms with Crippen LogP contribution in [0.4, 0.5) is 0 Å². The molecular weight excluding hydrogens is 374 g/mol. The number of nitrogens with zero attached hydrogens (tertiary/aromatic N) is 3. The van der Waals surface area contributed by atoms with Gasteiger partial charge in [0, 0.05) is 44.5 Å². The molecule has 3 heterocycles. The van der Waals surface area contributed by atoms with Crippen LogP contribution >= 0.6 is 0 Å². The Balaban J connectivity index is 1.34. The molecule has 2 aliphatic rings. The number of carbonyl (C=O) groups is 1. The standard InChI is InChI=1S/C25H33N3O2/c1-20-10-14-28(15-11-20)25(29)23-8-2-3-9-24(23)30-19-22-7-5-13-27(18-22)17-21-6-4-12-26-16-21/h2-4,6,8-9,12,16,20,22H,5,7,10-11,13-15,17-19H2,1H3. The quantitative estimate of drug-likeness (QED) is 0.718. The molecule has 0 radical (unpaired) electrons. The van der Waals surface area contributed by atoms with Crippen LogP contribution < -0.4 is 4.74 Å². The van der Waals surface area contributed by atoms with Gasteiger partial charge in [-0.3, -0.25) is 14.7 Å². The lowest BCUT2D eigenvalue weighted by Gasteiger charge is -2.33. The maximum absolute atomic E-state index is 13.1. The van der Waals surface area contributed by atoms with Crippen molar-refractivity contribution in [3.63, 3.8) is 0 Å². The number of likely N-dealkylation sites (tertiary alicyclic amines) is 2. The van der Waals surface area contributed by atoms with Gasteiger partial charge in [0.15, 0.2) is 0 Å². The van der Waals surface area contributed by atoms with Crippen LogP contribution in [0.2, 0.25) is 0 Å². The van der Waals surface area contributed by atoms with Gasteiger partial charge in [0.05, 0.1) is 12.2 Å². The summed E-state index contributed by atoms with van der Waals surface area (Å²) in [4.78, 5) is 21.8. The van der Waals surface area contributed by atoms with Crippen molar-refractivity contribution in [1.82, 2.24) is 14.8 Å². The number of carbonyl (C=O) groups excluding carboxylic acids is 1. The molecule has 2 fully saturated rings. The van der Waals surface area contributed by atoms with Gasteiger partial charge in [0.25, 0.3) is 5.91 Å². The molecule has 30 heavy (non-hydrogen) atoms. The molecule has 2 saturated heterocycles.